The van der Waals surface area contributed by atoms with Gasteiger partial charge in [0.05, 0.1) is 5.52 Å². The molecule has 5 nitrogen and oxygen atoms in total. The smallest absolute Gasteiger partial charge is 0.242 e. The minimum atomic E-state index is -0.0912. The van der Waals surface area contributed by atoms with Crippen molar-refractivity contribution in [2.24, 2.45) is 0 Å². The van der Waals surface area contributed by atoms with E-state index in [1.165, 1.54) is 0 Å². The van der Waals surface area contributed by atoms with E-state index in [4.69, 9.17) is 11.6 Å². The van der Waals surface area contributed by atoms with Crippen LogP contribution in [0.2, 0.25) is 5.02 Å². The summed E-state index contributed by atoms with van der Waals surface area (Å²) in [7, 11) is 0. The summed E-state index contributed by atoms with van der Waals surface area (Å²) in [5, 5.41) is 8.85. The molecular weight excluding hydrogens is 372 g/mol. The SMILES string of the molecule is Cc1c(-c2ccccc2)[nH]c2c(CNC(=O)Cn3nccc3C)cc(Cl)cc12. The van der Waals surface area contributed by atoms with E-state index in [2.05, 4.69) is 34.5 Å². The Bertz CT molecular complexity index is 1140. The van der Waals surface area contributed by atoms with Gasteiger partial charge < -0.3 is 10.3 Å². The average molecular weight is 393 g/mol. The van der Waals surface area contributed by atoms with Crippen molar-refractivity contribution in [1.82, 2.24) is 20.1 Å². The molecule has 0 aliphatic heterocycles. The molecule has 4 rings (SSSR count). The molecule has 0 bridgehead atoms. The van der Waals surface area contributed by atoms with E-state index >= 15 is 0 Å². The van der Waals surface area contributed by atoms with Gasteiger partial charge in [-0.2, -0.15) is 5.10 Å². The van der Waals surface area contributed by atoms with Crippen molar-refractivity contribution in [2.45, 2.75) is 26.9 Å². The first-order valence-electron chi connectivity index (χ1n) is 9.14. The fourth-order valence-electron chi connectivity index (χ4n) is 3.44. The third kappa shape index (κ3) is 3.53. The summed E-state index contributed by atoms with van der Waals surface area (Å²) in [5.41, 5.74) is 6.24. The Morgan fingerprint density at radius 1 is 1.18 bits per heavy atom. The minimum Gasteiger partial charge on any atom is -0.354 e. The van der Waals surface area contributed by atoms with E-state index in [0.29, 0.717) is 11.6 Å². The van der Waals surface area contributed by atoms with Crippen molar-refractivity contribution in [2.75, 3.05) is 0 Å². The van der Waals surface area contributed by atoms with Crippen LogP contribution in [0.5, 0.6) is 0 Å². The second-order valence-electron chi connectivity index (χ2n) is 6.89. The normalized spacial score (nSPS) is 11.1. The lowest BCUT2D eigenvalue weighted by atomic mass is 10.1. The molecule has 0 saturated heterocycles. The van der Waals surface area contributed by atoms with Crippen LogP contribution in [0.1, 0.15) is 16.8 Å². The second-order valence-corrected chi connectivity index (χ2v) is 7.32. The Kier molecular flexibility index (Phi) is 4.92. The Balaban J connectivity index is 1.62. The predicted octanol–water partition coefficient (Wildman–Crippen LogP) is 4.62. The van der Waals surface area contributed by atoms with Gasteiger partial charge in [0.1, 0.15) is 6.54 Å². The van der Waals surface area contributed by atoms with Crippen LogP contribution in [0, 0.1) is 13.8 Å². The fraction of sp³-hybridized carbons (Fsp3) is 0.182. The number of hydrogen-bond acceptors (Lipinski definition) is 2. The molecule has 2 aromatic heterocycles. The molecule has 0 aliphatic rings. The molecule has 1 amide bonds. The number of nitrogens with one attached hydrogen (secondary N) is 2. The summed E-state index contributed by atoms with van der Waals surface area (Å²) in [6.45, 7) is 4.60. The molecule has 0 aliphatic carbocycles. The molecule has 6 heteroatoms. The van der Waals surface area contributed by atoms with E-state index in [9.17, 15) is 4.79 Å². The number of carbonyl (C=O) groups is 1. The standard InChI is InChI=1S/C22H21ClN4O/c1-14-8-9-25-27(14)13-20(28)24-12-17-10-18(23)11-19-15(2)21(26-22(17)19)16-6-4-3-5-7-16/h3-11,26H,12-13H2,1-2H3,(H,24,28). The van der Waals surface area contributed by atoms with Gasteiger partial charge in [0.2, 0.25) is 5.91 Å². The molecule has 28 heavy (non-hydrogen) atoms. The zero-order chi connectivity index (χ0) is 19.7. The molecule has 0 saturated carbocycles. The molecule has 0 fully saturated rings. The highest BCUT2D eigenvalue weighted by Gasteiger charge is 2.14. The van der Waals surface area contributed by atoms with Gasteiger partial charge in [-0.15, -0.1) is 0 Å². The summed E-state index contributed by atoms with van der Waals surface area (Å²) in [6, 6.07) is 15.9. The number of aromatic nitrogens is 3. The molecule has 2 heterocycles. The number of halogens is 1. The Hall–Kier alpha value is -3.05. The number of hydrogen-bond donors (Lipinski definition) is 2. The monoisotopic (exact) mass is 392 g/mol. The van der Waals surface area contributed by atoms with Crippen molar-refractivity contribution in [1.29, 1.82) is 0 Å². The molecule has 0 spiro atoms. The van der Waals surface area contributed by atoms with Gasteiger partial charge in [-0.05, 0) is 48.7 Å². The van der Waals surface area contributed by atoms with Gasteiger partial charge in [-0.1, -0.05) is 41.9 Å². The van der Waals surface area contributed by atoms with Crippen molar-refractivity contribution < 1.29 is 4.79 Å². The number of aromatic amines is 1. The van der Waals surface area contributed by atoms with Crippen LogP contribution >= 0.6 is 11.6 Å². The van der Waals surface area contributed by atoms with Gasteiger partial charge in [0, 0.05) is 34.5 Å². The van der Waals surface area contributed by atoms with E-state index in [1.54, 1.807) is 10.9 Å². The number of rotatable bonds is 5. The van der Waals surface area contributed by atoms with Crippen LogP contribution in [0.4, 0.5) is 0 Å². The highest BCUT2D eigenvalue weighted by atomic mass is 35.5. The second kappa shape index (κ2) is 7.52. The molecular formula is C22H21ClN4O. The van der Waals surface area contributed by atoms with Crippen LogP contribution in [0.3, 0.4) is 0 Å². The summed E-state index contributed by atoms with van der Waals surface area (Å²) in [4.78, 5) is 15.9. The number of carbonyl (C=O) groups excluding carboxylic acids is 1. The summed E-state index contributed by atoms with van der Waals surface area (Å²) in [6.07, 6.45) is 1.69. The number of nitrogens with zero attached hydrogens (tertiary/aromatic N) is 2. The topological polar surface area (TPSA) is 62.7 Å². The van der Waals surface area contributed by atoms with Crippen LogP contribution in [-0.4, -0.2) is 20.7 Å². The highest BCUT2D eigenvalue weighted by Crippen LogP contribution is 2.33. The highest BCUT2D eigenvalue weighted by molar-refractivity contribution is 6.31. The number of aryl methyl sites for hydroxylation is 2. The van der Waals surface area contributed by atoms with Crippen molar-refractivity contribution in [3.63, 3.8) is 0 Å². The van der Waals surface area contributed by atoms with Crippen molar-refractivity contribution in [3.8, 4) is 11.3 Å². The lowest BCUT2D eigenvalue weighted by Crippen LogP contribution is -2.28. The molecule has 142 valence electrons. The summed E-state index contributed by atoms with van der Waals surface area (Å²) < 4.78 is 1.68. The molecule has 0 unspecified atom stereocenters. The van der Waals surface area contributed by atoms with Crippen LogP contribution in [-0.2, 0) is 17.9 Å². The van der Waals surface area contributed by atoms with Crippen LogP contribution in [0.25, 0.3) is 22.2 Å². The maximum atomic E-state index is 12.3. The molecule has 2 aromatic carbocycles. The Morgan fingerprint density at radius 2 is 1.96 bits per heavy atom. The van der Waals surface area contributed by atoms with Crippen molar-refractivity contribution in [3.05, 3.63) is 76.6 Å². The fourth-order valence-corrected chi connectivity index (χ4v) is 3.68. The van der Waals surface area contributed by atoms with Crippen LogP contribution < -0.4 is 5.32 Å². The molecule has 0 atom stereocenters. The van der Waals surface area contributed by atoms with Gasteiger partial charge in [-0.3, -0.25) is 9.48 Å². The predicted molar refractivity (Wildman–Crippen MR) is 112 cm³/mol. The number of amides is 1. The van der Waals surface area contributed by atoms with E-state index in [0.717, 1.165) is 39.0 Å². The van der Waals surface area contributed by atoms with Crippen LogP contribution in [0.15, 0.2) is 54.7 Å². The minimum absolute atomic E-state index is 0.0912. The molecule has 0 radical (unpaired) electrons. The third-order valence-electron chi connectivity index (χ3n) is 4.97. The first-order chi connectivity index (χ1) is 13.5. The Morgan fingerprint density at radius 3 is 2.68 bits per heavy atom. The molecule has 2 N–H and O–H groups in total. The first-order valence-corrected chi connectivity index (χ1v) is 9.52. The number of fused-ring (bicyclic) bond motifs is 1. The quantitative estimate of drug-likeness (QED) is 0.520. The van der Waals surface area contributed by atoms with E-state index < -0.39 is 0 Å². The van der Waals surface area contributed by atoms with Crippen molar-refractivity contribution >= 4 is 28.4 Å². The average Bonchev–Trinajstić information content (AvgIpc) is 3.24. The first kappa shape index (κ1) is 18.3. The lowest BCUT2D eigenvalue weighted by Gasteiger charge is -2.09. The van der Waals surface area contributed by atoms with E-state index in [-0.39, 0.29) is 12.5 Å². The van der Waals surface area contributed by atoms with Gasteiger partial charge in [-0.25, -0.2) is 0 Å². The van der Waals surface area contributed by atoms with Gasteiger partial charge >= 0.3 is 0 Å². The third-order valence-corrected chi connectivity index (χ3v) is 5.19. The maximum Gasteiger partial charge on any atom is 0.242 e. The summed E-state index contributed by atoms with van der Waals surface area (Å²) in [5.74, 6) is -0.0912. The Labute approximate surface area is 168 Å². The molecule has 4 aromatic rings. The van der Waals surface area contributed by atoms with Gasteiger partial charge in [0.25, 0.3) is 0 Å². The van der Waals surface area contributed by atoms with E-state index in [1.807, 2.05) is 43.3 Å². The lowest BCUT2D eigenvalue weighted by molar-refractivity contribution is -0.122. The summed E-state index contributed by atoms with van der Waals surface area (Å²) >= 11 is 6.36. The maximum absolute atomic E-state index is 12.3. The largest absolute Gasteiger partial charge is 0.354 e. The zero-order valence-electron chi connectivity index (χ0n) is 15.8. The zero-order valence-corrected chi connectivity index (χ0v) is 16.5. The van der Waals surface area contributed by atoms with Gasteiger partial charge in [0.15, 0.2) is 0 Å². The number of H-pyrrole nitrogens is 1. The number of benzene rings is 2.